The smallest absolute Gasteiger partial charge is 0.221 e. The van der Waals surface area contributed by atoms with Crippen LogP contribution in [0.25, 0.3) is 0 Å². The van der Waals surface area contributed by atoms with E-state index < -0.39 is 0 Å². The molecule has 0 aromatic carbocycles. The molecule has 3 nitrogen and oxygen atoms in total. The molecule has 1 aliphatic rings. The van der Waals surface area contributed by atoms with E-state index >= 15 is 0 Å². The van der Waals surface area contributed by atoms with Crippen molar-refractivity contribution in [2.24, 2.45) is 5.92 Å². The summed E-state index contributed by atoms with van der Waals surface area (Å²) >= 11 is 2.02. The molecule has 1 fully saturated rings. The number of rotatable bonds is 6. The van der Waals surface area contributed by atoms with E-state index in [1.165, 1.54) is 12.2 Å². The molecule has 1 saturated heterocycles. The first-order chi connectivity index (χ1) is 7.59. The highest BCUT2D eigenvalue weighted by atomic mass is 32.2. The fourth-order valence-corrected chi connectivity index (χ4v) is 3.00. The molecule has 4 heteroatoms. The van der Waals surface area contributed by atoms with Crippen LogP contribution >= 0.6 is 11.8 Å². The Balaban J connectivity index is 2.04. The van der Waals surface area contributed by atoms with Crippen LogP contribution in [-0.4, -0.2) is 36.0 Å². The summed E-state index contributed by atoms with van der Waals surface area (Å²) < 4.78 is 0. The van der Waals surface area contributed by atoms with Gasteiger partial charge in [-0.2, -0.15) is 11.8 Å². The normalized spacial score (nSPS) is 25.0. The first kappa shape index (κ1) is 13.8. The topological polar surface area (TPSA) is 41.1 Å². The first-order valence-corrected chi connectivity index (χ1v) is 7.26. The van der Waals surface area contributed by atoms with E-state index in [4.69, 9.17) is 0 Å². The van der Waals surface area contributed by atoms with Crippen LogP contribution in [0.1, 0.15) is 33.6 Å². The molecule has 0 saturated carbocycles. The molecule has 1 heterocycles. The molecule has 1 amide bonds. The van der Waals surface area contributed by atoms with Crippen LogP contribution in [0, 0.1) is 5.92 Å². The molecular formula is C12H24N2OS. The van der Waals surface area contributed by atoms with Gasteiger partial charge in [-0.3, -0.25) is 4.79 Å². The Morgan fingerprint density at radius 1 is 1.50 bits per heavy atom. The molecule has 1 rings (SSSR count). The third kappa shape index (κ3) is 5.21. The van der Waals surface area contributed by atoms with Gasteiger partial charge in [-0.1, -0.05) is 20.8 Å². The van der Waals surface area contributed by atoms with E-state index in [1.54, 1.807) is 0 Å². The van der Waals surface area contributed by atoms with Gasteiger partial charge in [-0.25, -0.2) is 0 Å². The molecule has 2 N–H and O–H groups in total. The average Bonchev–Trinajstić information content (AvgIpc) is 2.61. The van der Waals surface area contributed by atoms with Crippen molar-refractivity contribution in [2.45, 2.75) is 44.9 Å². The van der Waals surface area contributed by atoms with Gasteiger partial charge in [0.1, 0.15) is 0 Å². The molecule has 2 atom stereocenters. The summed E-state index contributed by atoms with van der Waals surface area (Å²) in [6.45, 7) is 8.06. The van der Waals surface area contributed by atoms with Gasteiger partial charge < -0.3 is 10.6 Å². The lowest BCUT2D eigenvalue weighted by molar-refractivity contribution is -0.121. The zero-order valence-electron chi connectivity index (χ0n) is 10.6. The van der Waals surface area contributed by atoms with Crippen LogP contribution in [0.5, 0.6) is 0 Å². The Morgan fingerprint density at radius 3 is 2.81 bits per heavy atom. The number of hydrogen-bond donors (Lipinski definition) is 2. The van der Waals surface area contributed by atoms with E-state index in [0.717, 1.165) is 13.1 Å². The third-order valence-electron chi connectivity index (χ3n) is 2.84. The van der Waals surface area contributed by atoms with Crippen molar-refractivity contribution >= 4 is 17.7 Å². The average molecular weight is 244 g/mol. The third-order valence-corrected chi connectivity index (χ3v) is 4.17. The molecule has 0 spiro atoms. The van der Waals surface area contributed by atoms with Crippen LogP contribution < -0.4 is 10.6 Å². The number of carbonyl (C=O) groups is 1. The van der Waals surface area contributed by atoms with Crippen LogP contribution in [-0.2, 0) is 4.79 Å². The lowest BCUT2D eigenvalue weighted by Crippen LogP contribution is -2.37. The molecular weight excluding hydrogens is 220 g/mol. The zero-order valence-corrected chi connectivity index (χ0v) is 11.4. The Bertz CT molecular complexity index is 221. The van der Waals surface area contributed by atoms with Crippen LogP contribution in [0.4, 0.5) is 0 Å². The number of thioether (sulfide) groups is 1. The second-order valence-corrected chi connectivity index (χ2v) is 6.36. The maximum Gasteiger partial charge on any atom is 0.221 e. The van der Waals surface area contributed by atoms with Crippen LogP contribution in [0.2, 0.25) is 0 Å². The van der Waals surface area contributed by atoms with Gasteiger partial charge in [-0.15, -0.1) is 0 Å². The molecule has 0 bridgehead atoms. The first-order valence-electron chi connectivity index (χ1n) is 6.21. The molecule has 0 radical (unpaired) electrons. The van der Waals surface area contributed by atoms with Gasteiger partial charge in [0.15, 0.2) is 0 Å². The molecule has 1 aliphatic heterocycles. The standard InChI is InChI=1S/C12H24N2OS/c1-9(2)8-14-12(15)4-6-13-11-5-7-16-10(11)3/h9-11,13H,4-8H2,1-3H3,(H,14,15). The van der Waals surface area contributed by atoms with Crippen molar-refractivity contribution in [3.05, 3.63) is 0 Å². The number of amides is 1. The maximum absolute atomic E-state index is 11.4. The highest BCUT2D eigenvalue weighted by Crippen LogP contribution is 2.25. The van der Waals surface area contributed by atoms with Gasteiger partial charge >= 0.3 is 0 Å². The fourth-order valence-electron chi connectivity index (χ4n) is 1.78. The lowest BCUT2D eigenvalue weighted by atomic mass is 10.1. The van der Waals surface area contributed by atoms with Gasteiger partial charge in [0.25, 0.3) is 0 Å². The van der Waals surface area contributed by atoms with Gasteiger partial charge in [-0.05, 0) is 18.1 Å². The van der Waals surface area contributed by atoms with Crippen molar-refractivity contribution in [3.8, 4) is 0 Å². The van der Waals surface area contributed by atoms with E-state index in [0.29, 0.717) is 23.6 Å². The van der Waals surface area contributed by atoms with E-state index in [1.807, 2.05) is 11.8 Å². The Morgan fingerprint density at radius 2 is 2.25 bits per heavy atom. The second kappa shape index (κ2) is 7.17. The number of hydrogen-bond acceptors (Lipinski definition) is 3. The quantitative estimate of drug-likeness (QED) is 0.746. The Labute approximate surface area is 103 Å². The van der Waals surface area contributed by atoms with Crippen LogP contribution in [0.3, 0.4) is 0 Å². The fraction of sp³-hybridized carbons (Fsp3) is 0.917. The minimum atomic E-state index is 0.166. The number of carbonyl (C=O) groups excluding carboxylic acids is 1. The molecule has 16 heavy (non-hydrogen) atoms. The Kier molecular flexibility index (Phi) is 6.21. The zero-order chi connectivity index (χ0) is 12.0. The predicted molar refractivity (Wildman–Crippen MR) is 70.8 cm³/mol. The molecule has 2 unspecified atom stereocenters. The van der Waals surface area contributed by atoms with Gasteiger partial charge in [0.05, 0.1) is 0 Å². The van der Waals surface area contributed by atoms with E-state index in [-0.39, 0.29) is 5.91 Å². The van der Waals surface area contributed by atoms with Crippen molar-refractivity contribution in [1.82, 2.24) is 10.6 Å². The summed E-state index contributed by atoms with van der Waals surface area (Å²) in [6, 6.07) is 0.600. The SMILES string of the molecule is CC(C)CNC(=O)CCNC1CCSC1C. The summed E-state index contributed by atoms with van der Waals surface area (Å²) in [5.74, 6) is 1.95. The van der Waals surface area contributed by atoms with Crippen LogP contribution in [0.15, 0.2) is 0 Å². The molecule has 0 aromatic rings. The van der Waals surface area contributed by atoms with Crippen molar-refractivity contribution in [2.75, 3.05) is 18.8 Å². The van der Waals surface area contributed by atoms with Gasteiger partial charge in [0, 0.05) is 30.8 Å². The monoisotopic (exact) mass is 244 g/mol. The van der Waals surface area contributed by atoms with E-state index in [9.17, 15) is 4.79 Å². The predicted octanol–water partition coefficient (Wildman–Crippen LogP) is 1.63. The highest BCUT2D eigenvalue weighted by Gasteiger charge is 2.22. The molecule has 0 aromatic heterocycles. The van der Waals surface area contributed by atoms with Crippen molar-refractivity contribution in [3.63, 3.8) is 0 Å². The Hall–Kier alpha value is -0.220. The maximum atomic E-state index is 11.4. The summed E-state index contributed by atoms with van der Waals surface area (Å²) in [5, 5.41) is 7.10. The lowest BCUT2D eigenvalue weighted by Gasteiger charge is -2.16. The summed E-state index contributed by atoms with van der Waals surface area (Å²) in [7, 11) is 0. The summed E-state index contributed by atoms with van der Waals surface area (Å²) in [4.78, 5) is 11.4. The minimum absolute atomic E-state index is 0.166. The summed E-state index contributed by atoms with van der Waals surface area (Å²) in [6.07, 6.45) is 1.83. The van der Waals surface area contributed by atoms with Gasteiger partial charge in [0.2, 0.25) is 5.91 Å². The van der Waals surface area contributed by atoms with E-state index in [2.05, 4.69) is 31.4 Å². The molecule has 94 valence electrons. The minimum Gasteiger partial charge on any atom is -0.356 e. The second-order valence-electron chi connectivity index (χ2n) is 4.87. The largest absolute Gasteiger partial charge is 0.356 e. The van der Waals surface area contributed by atoms with Crippen molar-refractivity contribution < 1.29 is 4.79 Å². The van der Waals surface area contributed by atoms with Crippen molar-refractivity contribution in [1.29, 1.82) is 0 Å². The molecule has 0 aliphatic carbocycles. The highest BCUT2D eigenvalue weighted by molar-refractivity contribution is 8.00. The number of nitrogens with one attached hydrogen (secondary N) is 2. The summed E-state index contributed by atoms with van der Waals surface area (Å²) in [5.41, 5.74) is 0.